The average molecular weight is 746 g/mol. The van der Waals surface area contributed by atoms with Crippen LogP contribution in [0.3, 0.4) is 0 Å². The lowest BCUT2D eigenvalue weighted by molar-refractivity contribution is -0.136. The first kappa shape index (κ1) is 25.7. The van der Waals surface area contributed by atoms with Gasteiger partial charge in [0.05, 0.1) is 34.1 Å². The monoisotopic (exact) mass is 746 g/mol. The zero-order chi connectivity index (χ0) is 21.4. The number of aromatic carboxylic acids is 1. The Morgan fingerprint density at radius 3 is 1.82 bits per heavy atom. The van der Waals surface area contributed by atoms with Crippen LogP contribution in [0.4, 0.5) is 11.4 Å². The number of hydrogen-bond acceptors (Lipinski definition) is 5. The van der Waals surface area contributed by atoms with Crippen molar-refractivity contribution in [3.63, 3.8) is 0 Å². The highest BCUT2D eigenvalue weighted by molar-refractivity contribution is 14.1. The van der Waals surface area contributed by atoms with Crippen LogP contribution in [0.1, 0.15) is 36.5 Å². The van der Waals surface area contributed by atoms with Crippen LogP contribution >= 0.6 is 79.5 Å². The van der Waals surface area contributed by atoms with Crippen LogP contribution in [0.2, 0.25) is 0 Å². The second kappa shape index (κ2) is 12.4. The van der Waals surface area contributed by atoms with Gasteiger partial charge >= 0.3 is 11.9 Å². The molecule has 0 saturated carbocycles. The molecule has 1 aromatic rings. The molecular weight excluding hydrogens is 729 g/mol. The largest absolute Gasteiger partial charge is 0.481 e. The van der Waals surface area contributed by atoms with Crippen LogP contribution in [0, 0.1) is 10.7 Å². The minimum Gasteiger partial charge on any atom is -0.481 e. The number of benzene rings is 1. The molecule has 0 aromatic heterocycles. The summed E-state index contributed by atoms with van der Waals surface area (Å²) in [5.41, 5.74) is 0.710. The van der Waals surface area contributed by atoms with Crippen molar-refractivity contribution in [3.8, 4) is 0 Å². The topological polar surface area (TPSA) is 133 Å². The molecule has 12 heteroatoms. The minimum absolute atomic E-state index is 0.0131. The van der Waals surface area contributed by atoms with E-state index in [4.69, 9.17) is 5.11 Å². The van der Waals surface area contributed by atoms with E-state index in [1.165, 1.54) is 11.8 Å². The number of aliphatic carboxylic acids is 1. The maximum Gasteiger partial charge on any atom is 0.338 e. The van der Waals surface area contributed by atoms with Gasteiger partial charge in [-0.25, -0.2) is 4.79 Å². The Hall–Kier alpha value is -0.360. The van der Waals surface area contributed by atoms with Crippen molar-refractivity contribution in [2.75, 3.05) is 22.1 Å². The van der Waals surface area contributed by atoms with E-state index in [0.29, 0.717) is 33.6 Å². The highest BCUT2D eigenvalue weighted by Gasteiger charge is 2.26. The molecular formula is C16H17I3N2O6S. The molecule has 0 aliphatic heterocycles. The molecule has 28 heavy (non-hydrogen) atoms. The van der Waals surface area contributed by atoms with Crippen molar-refractivity contribution in [2.24, 2.45) is 0 Å². The van der Waals surface area contributed by atoms with Gasteiger partial charge in [0.15, 0.2) is 0 Å². The predicted molar refractivity (Wildman–Crippen MR) is 133 cm³/mol. The molecule has 8 nitrogen and oxygen atoms in total. The summed E-state index contributed by atoms with van der Waals surface area (Å²) in [5, 5.41) is 23.6. The Kier molecular flexibility index (Phi) is 11.3. The summed E-state index contributed by atoms with van der Waals surface area (Å²) in [4.78, 5) is 46.3. The number of carbonyl (C=O) groups excluding carboxylic acids is 2. The van der Waals surface area contributed by atoms with E-state index in [1.54, 1.807) is 6.92 Å². The number of rotatable bonds is 10. The van der Waals surface area contributed by atoms with E-state index in [-0.39, 0.29) is 36.6 Å². The molecule has 0 radical (unpaired) electrons. The lowest BCUT2D eigenvalue weighted by atomic mass is 10.1. The third-order valence-corrected chi connectivity index (χ3v) is 7.54. The van der Waals surface area contributed by atoms with Crippen LogP contribution in [0.15, 0.2) is 0 Å². The van der Waals surface area contributed by atoms with Crippen molar-refractivity contribution >= 4 is 115 Å². The quantitative estimate of drug-likeness (QED) is 0.210. The first-order valence-corrected chi connectivity index (χ1v) is 12.3. The average Bonchev–Trinajstić information content (AvgIpc) is 2.61. The molecule has 0 saturated heterocycles. The fraction of sp³-hybridized carbons (Fsp3) is 0.375. The van der Waals surface area contributed by atoms with Crippen LogP contribution in [0.25, 0.3) is 0 Å². The van der Waals surface area contributed by atoms with Crippen molar-refractivity contribution in [3.05, 3.63) is 16.3 Å². The van der Waals surface area contributed by atoms with E-state index < -0.39 is 11.9 Å². The Morgan fingerprint density at radius 2 is 1.36 bits per heavy atom. The number of nitrogens with one attached hydrogen (secondary N) is 2. The summed E-state index contributed by atoms with van der Waals surface area (Å²) in [6.45, 7) is 1.69. The highest BCUT2D eigenvalue weighted by Crippen LogP contribution is 2.39. The zero-order valence-electron chi connectivity index (χ0n) is 14.6. The van der Waals surface area contributed by atoms with Gasteiger partial charge < -0.3 is 20.8 Å². The minimum atomic E-state index is -1.16. The van der Waals surface area contributed by atoms with E-state index >= 15 is 0 Å². The summed E-state index contributed by atoms with van der Waals surface area (Å²) in [7, 11) is 0. The number of halogens is 3. The van der Waals surface area contributed by atoms with Crippen LogP contribution in [0.5, 0.6) is 0 Å². The first-order valence-electron chi connectivity index (χ1n) is 7.93. The standard InChI is InChI=1S/C16H17I3N2O6S/c1-2-7(22)20-14-11(17)10(16(26)27)12(18)15(13(14)19)21-8(23)3-5-28-6-4-9(24)25/h2-6H2,1H3,(H,20,22)(H,21,23)(H,24,25)(H,26,27). The van der Waals surface area contributed by atoms with E-state index in [1.807, 2.05) is 67.8 Å². The number of hydrogen-bond donors (Lipinski definition) is 4. The smallest absolute Gasteiger partial charge is 0.338 e. The molecule has 2 amide bonds. The normalized spacial score (nSPS) is 10.4. The summed E-state index contributed by atoms with van der Waals surface area (Å²) in [6.07, 6.45) is 0.416. The van der Waals surface area contributed by atoms with E-state index in [2.05, 4.69) is 10.6 Å². The van der Waals surface area contributed by atoms with Gasteiger partial charge in [0.2, 0.25) is 11.8 Å². The lowest BCUT2D eigenvalue weighted by Crippen LogP contribution is -2.20. The lowest BCUT2D eigenvalue weighted by Gasteiger charge is -2.18. The van der Waals surface area contributed by atoms with Gasteiger partial charge in [-0.05, 0) is 67.8 Å². The molecule has 0 atom stereocenters. The van der Waals surface area contributed by atoms with E-state index in [0.717, 1.165) is 0 Å². The molecule has 4 N–H and O–H groups in total. The number of carbonyl (C=O) groups is 4. The van der Waals surface area contributed by atoms with Gasteiger partial charge in [-0.2, -0.15) is 11.8 Å². The molecule has 0 unspecified atom stereocenters. The van der Waals surface area contributed by atoms with Crippen molar-refractivity contribution in [1.29, 1.82) is 0 Å². The highest BCUT2D eigenvalue weighted by atomic mass is 127. The van der Waals surface area contributed by atoms with Crippen molar-refractivity contribution in [1.82, 2.24) is 0 Å². The maximum absolute atomic E-state index is 12.3. The maximum atomic E-state index is 12.3. The van der Waals surface area contributed by atoms with Gasteiger partial charge in [-0.15, -0.1) is 0 Å². The van der Waals surface area contributed by atoms with Crippen LogP contribution in [-0.4, -0.2) is 45.5 Å². The van der Waals surface area contributed by atoms with Gasteiger partial charge in [0.1, 0.15) is 0 Å². The summed E-state index contributed by atoms with van der Waals surface area (Å²) >= 11 is 7.07. The zero-order valence-corrected chi connectivity index (χ0v) is 21.9. The van der Waals surface area contributed by atoms with Gasteiger partial charge in [0, 0.05) is 24.3 Å². The molecule has 0 spiro atoms. The third kappa shape index (κ3) is 7.47. The number of anilines is 2. The Morgan fingerprint density at radius 1 is 0.857 bits per heavy atom. The fourth-order valence-corrected chi connectivity index (χ4v) is 6.95. The molecule has 0 bridgehead atoms. The number of amides is 2. The summed E-state index contributed by atoms with van der Waals surface area (Å²) in [6, 6.07) is 0. The number of thioether (sulfide) groups is 1. The second-order valence-electron chi connectivity index (χ2n) is 5.33. The summed E-state index contributed by atoms with van der Waals surface area (Å²) in [5.74, 6) is -1.76. The molecule has 0 aliphatic rings. The van der Waals surface area contributed by atoms with Crippen LogP contribution in [-0.2, 0) is 14.4 Å². The summed E-state index contributed by atoms with van der Waals surface area (Å²) < 4.78 is 1.31. The van der Waals surface area contributed by atoms with Crippen LogP contribution < -0.4 is 10.6 Å². The molecule has 0 fully saturated rings. The Bertz CT molecular complexity index is 803. The van der Waals surface area contributed by atoms with E-state index in [9.17, 15) is 24.3 Å². The fourth-order valence-electron chi connectivity index (χ4n) is 1.93. The van der Waals surface area contributed by atoms with Crippen molar-refractivity contribution in [2.45, 2.75) is 26.2 Å². The SMILES string of the molecule is CCC(=O)Nc1c(I)c(NC(=O)CCSCCC(=O)O)c(I)c(C(=O)O)c1I. The van der Waals surface area contributed by atoms with Crippen molar-refractivity contribution < 1.29 is 29.4 Å². The Labute approximate surface area is 206 Å². The van der Waals surface area contributed by atoms with Gasteiger partial charge in [-0.3, -0.25) is 14.4 Å². The third-order valence-electron chi connectivity index (χ3n) is 3.31. The molecule has 1 rings (SSSR count). The second-order valence-corrected chi connectivity index (χ2v) is 9.79. The molecule has 0 aliphatic carbocycles. The molecule has 1 aromatic carbocycles. The first-order chi connectivity index (χ1) is 13.1. The molecule has 0 heterocycles. The van der Waals surface area contributed by atoms with Gasteiger partial charge in [-0.1, -0.05) is 6.92 Å². The number of carboxylic acid groups (broad SMARTS) is 2. The molecule has 154 valence electrons. The van der Waals surface area contributed by atoms with Gasteiger partial charge in [0.25, 0.3) is 0 Å². The predicted octanol–water partition coefficient (Wildman–Crippen LogP) is 4.08. The number of carboxylic acids is 2. The Balaban J connectivity index is 3.06.